The molecular formula is C13H11N3OS. The summed E-state index contributed by atoms with van der Waals surface area (Å²) in [5, 5.41) is 9.60. The third kappa shape index (κ3) is 2.29. The van der Waals surface area contributed by atoms with Gasteiger partial charge >= 0.3 is 0 Å². The van der Waals surface area contributed by atoms with Gasteiger partial charge in [0, 0.05) is 29.9 Å². The van der Waals surface area contributed by atoms with Gasteiger partial charge in [-0.25, -0.2) is 4.98 Å². The topological polar surface area (TPSA) is 66.6 Å². The number of aromatic nitrogens is 2. The fraction of sp³-hybridized carbons (Fsp3) is 0.154. The van der Waals surface area contributed by atoms with E-state index >= 15 is 0 Å². The molecule has 2 aromatic rings. The molecule has 0 saturated heterocycles. The Morgan fingerprint density at radius 1 is 1.33 bits per heavy atom. The number of hydrogen-bond donors (Lipinski definition) is 0. The zero-order valence-corrected chi connectivity index (χ0v) is 10.9. The van der Waals surface area contributed by atoms with Crippen molar-refractivity contribution in [2.45, 2.75) is 11.9 Å². The summed E-state index contributed by atoms with van der Waals surface area (Å²) in [6, 6.07) is 7.55. The van der Waals surface area contributed by atoms with Crippen molar-refractivity contribution in [3.8, 4) is 17.2 Å². The molecule has 2 heterocycles. The average molecular weight is 257 g/mol. The molecule has 0 N–H and O–H groups in total. The van der Waals surface area contributed by atoms with Gasteiger partial charge in [-0.3, -0.25) is 9.19 Å². The van der Waals surface area contributed by atoms with Crippen LogP contribution in [0.1, 0.15) is 11.3 Å². The zero-order chi connectivity index (χ0) is 13.1. The molecular weight excluding hydrogens is 246 g/mol. The summed E-state index contributed by atoms with van der Waals surface area (Å²) in [7, 11) is -1.28. The van der Waals surface area contributed by atoms with Crippen LogP contribution in [0.3, 0.4) is 0 Å². The lowest BCUT2D eigenvalue weighted by molar-refractivity contribution is 0.683. The SMILES string of the molecule is Cc1cc(-c2ccncc2)c(C#N)c(S(C)=O)n1. The van der Waals surface area contributed by atoms with Crippen LogP contribution in [0, 0.1) is 18.3 Å². The first-order valence-corrected chi connectivity index (χ1v) is 6.85. The molecule has 0 saturated carbocycles. The Kier molecular flexibility index (Phi) is 3.49. The number of nitriles is 1. The van der Waals surface area contributed by atoms with Crippen molar-refractivity contribution in [1.29, 1.82) is 5.26 Å². The van der Waals surface area contributed by atoms with E-state index in [0.717, 1.165) is 16.8 Å². The molecule has 0 spiro atoms. The van der Waals surface area contributed by atoms with Crippen molar-refractivity contribution in [2.75, 3.05) is 6.26 Å². The standard InChI is InChI=1S/C13H11N3OS/c1-9-7-11(10-3-5-15-6-4-10)12(8-14)13(16-9)18(2)17/h3-7H,1-2H3. The summed E-state index contributed by atoms with van der Waals surface area (Å²) in [5.74, 6) is 0. The van der Waals surface area contributed by atoms with Crippen LogP contribution < -0.4 is 0 Å². The lowest BCUT2D eigenvalue weighted by Crippen LogP contribution is -2.01. The minimum atomic E-state index is -1.28. The van der Waals surface area contributed by atoms with Gasteiger partial charge in [-0.05, 0) is 30.7 Å². The third-order valence-corrected chi connectivity index (χ3v) is 3.33. The lowest BCUT2D eigenvalue weighted by atomic mass is 10.0. The second-order valence-corrected chi connectivity index (χ2v) is 5.09. The van der Waals surface area contributed by atoms with E-state index in [1.165, 1.54) is 6.26 Å². The molecule has 2 aromatic heterocycles. The Bertz CT molecular complexity index is 647. The van der Waals surface area contributed by atoms with Crippen molar-refractivity contribution < 1.29 is 4.21 Å². The van der Waals surface area contributed by atoms with E-state index < -0.39 is 10.8 Å². The summed E-state index contributed by atoms with van der Waals surface area (Å²) in [6.07, 6.45) is 4.85. The molecule has 0 bridgehead atoms. The van der Waals surface area contributed by atoms with Crippen LogP contribution in [0.25, 0.3) is 11.1 Å². The molecule has 18 heavy (non-hydrogen) atoms. The Morgan fingerprint density at radius 2 is 2.00 bits per heavy atom. The van der Waals surface area contributed by atoms with Gasteiger partial charge in [0.15, 0.2) is 0 Å². The van der Waals surface area contributed by atoms with Crippen LogP contribution in [0.4, 0.5) is 0 Å². The van der Waals surface area contributed by atoms with Crippen LogP contribution in [0.15, 0.2) is 35.6 Å². The molecule has 0 aliphatic heterocycles. The first-order chi connectivity index (χ1) is 8.63. The van der Waals surface area contributed by atoms with Crippen molar-refractivity contribution >= 4 is 10.8 Å². The molecule has 90 valence electrons. The zero-order valence-electron chi connectivity index (χ0n) is 10.0. The van der Waals surface area contributed by atoms with E-state index in [1.807, 2.05) is 25.1 Å². The third-order valence-electron chi connectivity index (χ3n) is 2.49. The number of rotatable bonds is 2. The second-order valence-electron chi connectivity index (χ2n) is 3.79. The normalized spacial score (nSPS) is 11.8. The molecule has 0 aliphatic rings. The summed E-state index contributed by atoms with van der Waals surface area (Å²) in [6.45, 7) is 1.82. The highest BCUT2D eigenvalue weighted by atomic mass is 32.2. The monoisotopic (exact) mass is 257 g/mol. The van der Waals surface area contributed by atoms with Crippen LogP contribution in [0.2, 0.25) is 0 Å². The Morgan fingerprint density at radius 3 is 2.56 bits per heavy atom. The molecule has 0 aromatic carbocycles. The summed E-state index contributed by atoms with van der Waals surface area (Å²) < 4.78 is 11.6. The second kappa shape index (κ2) is 5.07. The number of nitrogens with zero attached hydrogens (tertiary/aromatic N) is 3. The minimum absolute atomic E-state index is 0.337. The van der Waals surface area contributed by atoms with E-state index in [1.54, 1.807) is 12.4 Å². The fourth-order valence-electron chi connectivity index (χ4n) is 1.72. The van der Waals surface area contributed by atoms with Gasteiger partial charge in [-0.1, -0.05) is 0 Å². The van der Waals surface area contributed by atoms with E-state index in [-0.39, 0.29) is 0 Å². The Hall–Kier alpha value is -2.06. The van der Waals surface area contributed by atoms with Crippen molar-refractivity contribution in [3.05, 3.63) is 41.9 Å². The maximum atomic E-state index is 11.6. The molecule has 2 rings (SSSR count). The van der Waals surface area contributed by atoms with Gasteiger partial charge in [0.05, 0.1) is 16.4 Å². The van der Waals surface area contributed by atoms with Gasteiger partial charge in [0.25, 0.3) is 0 Å². The molecule has 0 radical (unpaired) electrons. The van der Waals surface area contributed by atoms with E-state index in [4.69, 9.17) is 0 Å². The lowest BCUT2D eigenvalue weighted by Gasteiger charge is -2.08. The maximum absolute atomic E-state index is 11.6. The van der Waals surface area contributed by atoms with Gasteiger partial charge in [0.2, 0.25) is 0 Å². The Labute approximate surface area is 108 Å². The first kappa shape index (κ1) is 12.4. The molecule has 0 aliphatic carbocycles. The molecule has 1 unspecified atom stereocenters. The highest BCUT2D eigenvalue weighted by Crippen LogP contribution is 2.26. The number of pyridine rings is 2. The number of aryl methyl sites for hydroxylation is 1. The van der Waals surface area contributed by atoms with Gasteiger partial charge < -0.3 is 0 Å². The van der Waals surface area contributed by atoms with Crippen LogP contribution in [-0.2, 0) is 10.8 Å². The molecule has 0 amide bonds. The molecule has 4 nitrogen and oxygen atoms in total. The Balaban J connectivity index is 2.76. The summed E-state index contributed by atoms with van der Waals surface area (Å²) in [4.78, 5) is 8.14. The van der Waals surface area contributed by atoms with E-state index in [2.05, 4.69) is 16.0 Å². The predicted octanol–water partition coefficient (Wildman–Crippen LogP) is 2.06. The highest BCUT2D eigenvalue weighted by molar-refractivity contribution is 7.84. The van der Waals surface area contributed by atoms with Gasteiger partial charge in [0.1, 0.15) is 11.1 Å². The molecule has 5 heteroatoms. The van der Waals surface area contributed by atoms with Crippen LogP contribution in [-0.4, -0.2) is 20.4 Å². The first-order valence-electron chi connectivity index (χ1n) is 5.29. The van der Waals surface area contributed by atoms with E-state index in [9.17, 15) is 9.47 Å². The highest BCUT2D eigenvalue weighted by Gasteiger charge is 2.15. The molecule has 1 atom stereocenters. The van der Waals surface area contributed by atoms with E-state index in [0.29, 0.717) is 10.6 Å². The van der Waals surface area contributed by atoms with Gasteiger partial charge in [-0.2, -0.15) is 5.26 Å². The number of hydrogen-bond acceptors (Lipinski definition) is 4. The maximum Gasteiger partial charge on any atom is 0.145 e. The summed E-state index contributed by atoms with van der Waals surface area (Å²) >= 11 is 0. The van der Waals surface area contributed by atoms with Crippen molar-refractivity contribution in [2.24, 2.45) is 0 Å². The van der Waals surface area contributed by atoms with Crippen LogP contribution >= 0.6 is 0 Å². The van der Waals surface area contributed by atoms with Gasteiger partial charge in [-0.15, -0.1) is 0 Å². The van der Waals surface area contributed by atoms with Crippen molar-refractivity contribution in [1.82, 2.24) is 9.97 Å². The molecule has 0 fully saturated rings. The van der Waals surface area contributed by atoms with Crippen molar-refractivity contribution in [3.63, 3.8) is 0 Å². The quantitative estimate of drug-likeness (QED) is 0.826. The minimum Gasteiger partial charge on any atom is -0.265 e. The van der Waals surface area contributed by atoms with Crippen LogP contribution in [0.5, 0.6) is 0 Å². The predicted molar refractivity (Wildman–Crippen MR) is 69.3 cm³/mol. The largest absolute Gasteiger partial charge is 0.265 e. The smallest absolute Gasteiger partial charge is 0.145 e. The average Bonchev–Trinajstić information content (AvgIpc) is 2.38. The summed E-state index contributed by atoms with van der Waals surface area (Å²) in [5.41, 5.74) is 2.73. The fourth-order valence-corrected chi connectivity index (χ4v) is 2.44.